The third-order valence-electron chi connectivity index (χ3n) is 4.18. The molecule has 0 N–H and O–H groups in total. The van der Waals surface area contributed by atoms with Gasteiger partial charge < -0.3 is 4.57 Å². The van der Waals surface area contributed by atoms with Crippen molar-refractivity contribution in [1.29, 1.82) is 0 Å². The Labute approximate surface area is 152 Å². The standard InChI is InChI=1S/C19H23N3S2/c1-5-10-22-18(17-12-23-15(4)14(17)3)20-21-19(22)24-11-16-8-6-13(2)7-9-16/h6-9,12H,5,10-11H2,1-4H3. The third kappa shape index (κ3) is 3.57. The smallest absolute Gasteiger partial charge is 0.191 e. The lowest BCUT2D eigenvalue weighted by Crippen LogP contribution is -2.02. The van der Waals surface area contributed by atoms with Crippen molar-refractivity contribution in [3.05, 3.63) is 51.2 Å². The maximum absolute atomic E-state index is 4.50. The molecule has 3 rings (SSSR count). The Morgan fingerprint density at radius 2 is 1.83 bits per heavy atom. The van der Waals surface area contributed by atoms with Crippen molar-refractivity contribution < 1.29 is 0 Å². The lowest BCUT2D eigenvalue weighted by atomic mass is 10.1. The molecule has 0 unspecified atom stereocenters. The van der Waals surface area contributed by atoms with Gasteiger partial charge in [0.15, 0.2) is 11.0 Å². The first kappa shape index (κ1) is 17.2. The molecule has 0 aliphatic heterocycles. The summed E-state index contributed by atoms with van der Waals surface area (Å²) in [6, 6.07) is 8.71. The molecule has 0 saturated carbocycles. The van der Waals surface area contributed by atoms with Gasteiger partial charge in [-0.25, -0.2) is 0 Å². The molecular weight excluding hydrogens is 334 g/mol. The summed E-state index contributed by atoms with van der Waals surface area (Å²) < 4.78 is 2.27. The van der Waals surface area contributed by atoms with Crippen LogP contribution in [0.5, 0.6) is 0 Å². The summed E-state index contributed by atoms with van der Waals surface area (Å²) in [6.45, 7) is 9.60. The minimum atomic E-state index is 0.920. The van der Waals surface area contributed by atoms with Crippen LogP contribution in [-0.4, -0.2) is 14.8 Å². The van der Waals surface area contributed by atoms with Gasteiger partial charge in [0, 0.05) is 28.1 Å². The van der Waals surface area contributed by atoms with E-state index in [1.54, 1.807) is 23.1 Å². The maximum atomic E-state index is 4.50. The van der Waals surface area contributed by atoms with Gasteiger partial charge >= 0.3 is 0 Å². The van der Waals surface area contributed by atoms with Crippen LogP contribution in [0.2, 0.25) is 0 Å². The molecule has 1 aromatic carbocycles. The molecule has 0 amide bonds. The van der Waals surface area contributed by atoms with Crippen molar-refractivity contribution >= 4 is 23.1 Å². The van der Waals surface area contributed by atoms with Crippen molar-refractivity contribution in [1.82, 2.24) is 14.8 Å². The third-order valence-corrected chi connectivity index (χ3v) is 6.23. The van der Waals surface area contributed by atoms with Gasteiger partial charge in [0.25, 0.3) is 0 Å². The summed E-state index contributed by atoms with van der Waals surface area (Å²) in [5, 5.41) is 12.2. The maximum Gasteiger partial charge on any atom is 0.191 e. The number of hydrogen-bond donors (Lipinski definition) is 0. The first-order valence-corrected chi connectivity index (χ1v) is 10.1. The van der Waals surface area contributed by atoms with Crippen molar-refractivity contribution in [3.63, 3.8) is 0 Å². The molecule has 126 valence electrons. The Morgan fingerprint density at radius 3 is 2.46 bits per heavy atom. The van der Waals surface area contributed by atoms with Crippen LogP contribution in [0, 0.1) is 20.8 Å². The topological polar surface area (TPSA) is 30.7 Å². The average molecular weight is 358 g/mol. The van der Waals surface area contributed by atoms with E-state index >= 15 is 0 Å². The summed E-state index contributed by atoms with van der Waals surface area (Å²) in [5.74, 6) is 1.93. The normalized spacial score (nSPS) is 11.2. The van der Waals surface area contributed by atoms with Crippen molar-refractivity contribution in [2.75, 3.05) is 0 Å². The van der Waals surface area contributed by atoms with Gasteiger partial charge in [0.2, 0.25) is 0 Å². The molecular formula is C19H23N3S2. The summed E-state index contributed by atoms with van der Waals surface area (Å²) in [6.07, 6.45) is 1.07. The Kier molecular flexibility index (Phi) is 5.41. The first-order valence-electron chi connectivity index (χ1n) is 8.26. The van der Waals surface area contributed by atoms with Crippen LogP contribution in [0.25, 0.3) is 11.4 Å². The minimum Gasteiger partial charge on any atom is -0.302 e. The van der Waals surface area contributed by atoms with E-state index in [1.807, 2.05) is 0 Å². The van der Waals surface area contributed by atoms with E-state index in [0.717, 1.165) is 29.7 Å². The van der Waals surface area contributed by atoms with E-state index in [1.165, 1.54) is 27.1 Å². The number of aryl methyl sites for hydroxylation is 2. The van der Waals surface area contributed by atoms with Gasteiger partial charge in [0.1, 0.15) is 0 Å². The Balaban J connectivity index is 1.85. The highest BCUT2D eigenvalue weighted by Crippen LogP contribution is 2.32. The predicted molar refractivity (Wildman–Crippen MR) is 104 cm³/mol. The largest absolute Gasteiger partial charge is 0.302 e. The van der Waals surface area contributed by atoms with Crippen LogP contribution in [0.1, 0.15) is 34.9 Å². The molecule has 3 nitrogen and oxygen atoms in total. The van der Waals surface area contributed by atoms with Crippen LogP contribution >= 0.6 is 23.1 Å². The fraction of sp³-hybridized carbons (Fsp3) is 0.368. The zero-order chi connectivity index (χ0) is 17.1. The van der Waals surface area contributed by atoms with Gasteiger partial charge in [-0.2, -0.15) is 0 Å². The minimum absolute atomic E-state index is 0.920. The summed E-state index contributed by atoms with van der Waals surface area (Å²) in [7, 11) is 0. The quantitative estimate of drug-likeness (QED) is 0.535. The molecule has 0 spiro atoms. The summed E-state index contributed by atoms with van der Waals surface area (Å²) in [5.41, 5.74) is 5.16. The number of benzene rings is 1. The lowest BCUT2D eigenvalue weighted by Gasteiger charge is -2.09. The van der Waals surface area contributed by atoms with Crippen molar-refractivity contribution in [2.45, 2.75) is 51.6 Å². The summed E-state index contributed by atoms with van der Waals surface area (Å²) >= 11 is 3.55. The first-order chi connectivity index (χ1) is 11.6. The molecule has 0 bridgehead atoms. The highest BCUT2D eigenvalue weighted by atomic mass is 32.2. The highest BCUT2D eigenvalue weighted by Gasteiger charge is 2.17. The van der Waals surface area contributed by atoms with E-state index in [2.05, 4.69) is 72.1 Å². The van der Waals surface area contributed by atoms with E-state index in [9.17, 15) is 0 Å². The average Bonchev–Trinajstić information content (AvgIpc) is 3.12. The Hall–Kier alpha value is -1.59. The molecule has 0 fully saturated rings. The van der Waals surface area contributed by atoms with Crippen LogP contribution < -0.4 is 0 Å². The van der Waals surface area contributed by atoms with E-state index in [0.29, 0.717) is 0 Å². The molecule has 2 heterocycles. The zero-order valence-corrected chi connectivity index (χ0v) is 16.3. The fourth-order valence-electron chi connectivity index (χ4n) is 2.59. The Morgan fingerprint density at radius 1 is 1.08 bits per heavy atom. The molecule has 0 atom stereocenters. The summed E-state index contributed by atoms with van der Waals surface area (Å²) in [4.78, 5) is 1.35. The van der Waals surface area contributed by atoms with Crippen molar-refractivity contribution in [3.8, 4) is 11.4 Å². The molecule has 0 aliphatic rings. The number of hydrogen-bond acceptors (Lipinski definition) is 4. The highest BCUT2D eigenvalue weighted by molar-refractivity contribution is 7.98. The molecule has 2 aromatic heterocycles. The molecule has 0 radical (unpaired) electrons. The second-order valence-corrected chi connectivity index (χ2v) is 8.09. The van der Waals surface area contributed by atoms with E-state index in [4.69, 9.17) is 0 Å². The lowest BCUT2D eigenvalue weighted by molar-refractivity contribution is 0.626. The molecule has 3 aromatic rings. The Bertz CT molecular complexity index is 816. The van der Waals surface area contributed by atoms with Crippen LogP contribution in [0.15, 0.2) is 34.8 Å². The number of thioether (sulfide) groups is 1. The number of aromatic nitrogens is 3. The monoisotopic (exact) mass is 357 g/mol. The van der Waals surface area contributed by atoms with Crippen LogP contribution in [-0.2, 0) is 12.3 Å². The van der Waals surface area contributed by atoms with Gasteiger partial charge in [-0.15, -0.1) is 21.5 Å². The second-order valence-electron chi connectivity index (χ2n) is 6.06. The van der Waals surface area contributed by atoms with Crippen molar-refractivity contribution in [2.24, 2.45) is 0 Å². The number of thiophene rings is 1. The van der Waals surface area contributed by atoms with Gasteiger partial charge in [-0.3, -0.25) is 0 Å². The molecule has 0 saturated heterocycles. The van der Waals surface area contributed by atoms with Gasteiger partial charge in [-0.05, 0) is 38.3 Å². The number of rotatable bonds is 6. The molecule has 24 heavy (non-hydrogen) atoms. The zero-order valence-electron chi connectivity index (χ0n) is 14.7. The van der Waals surface area contributed by atoms with E-state index < -0.39 is 0 Å². The fourth-order valence-corrected chi connectivity index (χ4v) is 4.37. The second kappa shape index (κ2) is 7.53. The molecule has 5 heteroatoms. The van der Waals surface area contributed by atoms with Gasteiger partial charge in [-0.1, -0.05) is 48.5 Å². The number of nitrogens with zero attached hydrogens (tertiary/aromatic N) is 3. The SMILES string of the molecule is CCCn1c(SCc2ccc(C)cc2)nnc1-c1csc(C)c1C. The van der Waals surface area contributed by atoms with Crippen LogP contribution in [0.3, 0.4) is 0 Å². The van der Waals surface area contributed by atoms with Crippen LogP contribution in [0.4, 0.5) is 0 Å². The van der Waals surface area contributed by atoms with Gasteiger partial charge in [0.05, 0.1) is 0 Å². The van der Waals surface area contributed by atoms with E-state index in [-0.39, 0.29) is 0 Å². The molecule has 0 aliphatic carbocycles. The predicted octanol–water partition coefficient (Wildman–Crippen LogP) is 5.63.